The summed E-state index contributed by atoms with van der Waals surface area (Å²) in [5.41, 5.74) is 11.1. The number of H-pyrrole nitrogens is 2. The van der Waals surface area contributed by atoms with E-state index >= 15 is 0 Å². The molecule has 44 heavy (non-hydrogen) atoms. The zero-order chi connectivity index (χ0) is 31.3. The molecule has 0 fully saturated rings. The molecule has 2 aromatic heterocycles. The zero-order valence-electron chi connectivity index (χ0n) is 25.4. The second-order valence-electron chi connectivity index (χ2n) is 13.8. The molecule has 0 aliphatic rings. The van der Waals surface area contributed by atoms with Gasteiger partial charge in [-0.3, -0.25) is 0 Å². The molecule has 7 rings (SSSR count). The molecule has 0 unspecified atom stereocenters. The van der Waals surface area contributed by atoms with E-state index in [4.69, 9.17) is 23.2 Å². The van der Waals surface area contributed by atoms with Crippen LogP contribution in [0.5, 0.6) is 0 Å². The predicted octanol–water partition coefficient (Wildman–Crippen LogP) is 13.7. The van der Waals surface area contributed by atoms with Gasteiger partial charge in [-0.15, -0.1) is 0 Å². The van der Waals surface area contributed by atoms with Crippen molar-refractivity contribution < 1.29 is 0 Å². The summed E-state index contributed by atoms with van der Waals surface area (Å²) < 4.78 is 1.98. The van der Waals surface area contributed by atoms with Crippen LogP contribution in [0.4, 0.5) is 0 Å². The Bertz CT molecular complexity index is 2130. The van der Waals surface area contributed by atoms with Gasteiger partial charge >= 0.3 is 0 Å². The maximum atomic E-state index is 6.86. The fourth-order valence-corrected chi connectivity index (χ4v) is 7.90. The Balaban J connectivity index is 1.41. The fraction of sp³-hybridized carbons (Fsp3) is 0.211. The van der Waals surface area contributed by atoms with Crippen molar-refractivity contribution >= 4 is 98.7 Å². The second kappa shape index (κ2) is 10.4. The SMILES string of the molecule is CC(C)(C)c1ccc2[nH]c3c(-c4cc(Br)c(-c5ccc(Cl)c6c5[nH]c5ccc(C(C)(C)C)cc56)cc4Br)ccc(Cl)c3c2c1. The number of aromatic nitrogens is 2. The molecular weight excluding hydrogens is 715 g/mol. The molecule has 5 aromatic carbocycles. The van der Waals surface area contributed by atoms with Gasteiger partial charge in [0.05, 0.1) is 21.1 Å². The van der Waals surface area contributed by atoms with Gasteiger partial charge in [-0.2, -0.15) is 0 Å². The van der Waals surface area contributed by atoms with E-state index in [0.29, 0.717) is 0 Å². The Morgan fingerprint density at radius 3 is 1.25 bits per heavy atom. The number of fused-ring (bicyclic) bond motifs is 6. The summed E-state index contributed by atoms with van der Waals surface area (Å²) in [7, 11) is 0. The normalized spacial score (nSPS) is 12.8. The molecule has 0 aliphatic carbocycles. The Morgan fingerprint density at radius 1 is 0.500 bits per heavy atom. The Labute approximate surface area is 284 Å². The van der Waals surface area contributed by atoms with E-state index in [2.05, 4.69) is 144 Å². The molecule has 2 N–H and O–H groups in total. The molecule has 0 saturated heterocycles. The molecule has 0 atom stereocenters. The monoisotopic (exact) mass is 744 g/mol. The quantitative estimate of drug-likeness (QED) is 0.177. The minimum absolute atomic E-state index is 0.0402. The van der Waals surface area contributed by atoms with Crippen LogP contribution in [0.15, 0.2) is 81.7 Å². The molecule has 0 bridgehead atoms. The minimum Gasteiger partial charge on any atom is -0.354 e. The van der Waals surface area contributed by atoms with Gasteiger partial charge in [0.15, 0.2) is 0 Å². The predicted molar refractivity (Wildman–Crippen MR) is 199 cm³/mol. The summed E-state index contributed by atoms with van der Waals surface area (Å²) in [5, 5.41) is 5.86. The van der Waals surface area contributed by atoms with Gasteiger partial charge in [-0.05, 0) is 81.6 Å². The van der Waals surface area contributed by atoms with Crippen LogP contribution >= 0.6 is 55.1 Å². The Hall–Kier alpha value is -2.76. The van der Waals surface area contributed by atoms with E-state index in [1.165, 1.54) is 11.1 Å². The minimum atomic E-state index is 0.0402. The summed E-state index contributed by atoms with van der Waals surface area (Å²) >= 11 is 21.6. The van der Waals surface area contributed by atoms with Gasteiger partial charge in [0.25, 0.3) is 0 Å². The van der Waals surface area contributed by atoms with Crippen molar-refractivity contribution in [3.8, 4) is 22.3 Å². The summed E-state index contributed by atoms with van der Waals surface area (Å²) in [5.74, 6) is 0. The molecule has 0 saturated carbocycles. The highest BCUT2D eigenvalue weighted by Gasteiger charge is 2.22. The summed E-state index contributed by atoms with van der Waals surface area (Å²) in [6.45, 7) is 13.4. The highest BCUT2D eigenvalue weighted by Crippen LogP contribution is 2.46. The third-order valence-electron chi connectivity index (χ3n) is 8.78. The smallest absolute Gasteiger partial charge is 0.0560 e. The number of rotatable bonds is 2. The van der Waals surface area contributed by atoms with Crippen LogP contribution < -0.4 is 0 Å². The third-order valence-corrected chi connectivity index (χ3v) is 10.7. The molecule has 222 valence electrons. The van der Waals surface area contributed by atoms with E-state index in [-0.39, 0.29) is 10.8 Å². The number of nitrogens with one attached hydrogen (secondary N) is 2. The second-order valence-corrected chi connectivity index (χ2v) is 16.3. The van der Waals surface area contributed by atoms with Crippen LogP contribution in [0.25, 0.3) is 65.9 Å². The van der Waals surface area contributed by atoms with Crippen molar-refractivity contribution in [2.75, 3.05) is 0 Å². The van der Waals surface area contributed by atoms with Crippen LogP contribution in [-0.2, 0) is 10.8 Å². The standard InChI is InChI=1S/C38H32Br2Cl2N2/c1-37(2,3)19-7-13-31-25(15-19)33-29(41)11-9-21(35(33)43-31)23-17-28(40)24(18-27(23)39)22-10-12-30(42)34-26-16-20(38(4,5)6)8-14-32(26)44-36(22)34/h7-18,43-44H,1-6H3. The maximum absolute atomic E-state index is 6.86. The highest BCUT2D eigenvalue weighted by molar-refractivity contribution is 9.11. The lowest BCUT2D eigenvalue weighted by Crippen LogP contribution is -2.10. The Morgan fingerprint density at radius 2 is 0.886 bits per heavy atom. The van der Waals surface area contributed by atoms with E-state index in [9.17, 15) is 0 Å². The average molecular weight is 747 g/mol. The number of hydrogen-bond acceptors (Lipinski definition) is 0. The van der Waals surface area contributed by atoms with Gasteiger partial charge in [0.1, 0.15) is 0 Å². The molecule has 2 heterocycles. The average Bonchev–Trinajstić information content (AvgIpc) is 3.53. The largest absolute Gasteiger partial charge is 0.354 e. The Kier molecular flexibility index (Phi) is 7.06. The maximum Gasteiger partial charge on any atom is 0.0560 e. The molecular formula is C38H32Br2Cl2N2. The van der Waals surface area contributed by atoms with Crippen molar-refractivity contribution in [3.63, 3.8) is 0 Å². The van der Waals surface area contributed by atoms with E-state index in [1.54, 1.807) is 0 Å². The van der Waals surface area contributed by atoms with Crippen LogP contribution in [0, 0.1) is 0 Å². The molecule has 0 amide bonds. The molecule has 7 aromatic rings. The molecule has 0 aliphatic heterocycles. The topological polar surface area (TPSA) is 31.6 Å². The number of benzene rings is 5. The van der Waals surface area contributed by atoms with Crippen LogP contribution in [0.1, 0.15) is 52.7 Å². The van der Waals surface area contributed by atoms with E-state index in [0.717, 1.165) is 84.9 Å². The van der Waals surface area contributed by atoms with Gasteiger partial charge in [-0.1, -0.05) is 121 Å². The van der Waals surface area contributed by atoms with Crippen LogP contribution in [0.3, 0.4) is 0 Å². The first-order chi connectivity index (χ1) is 20.7. The lowest BCUT2D eigenvalue weighted by molar-refractivity contribution is 0.591. The van der Waals surface area contributed by atoms with Gasteiger partial charge < -0.3 is 9.97 Å². The van der Waals surface area contributed by atoms with Crippen molar-refractivity contribution in [3.05, 3.63) is 103 Å². The first-order valence-electron chi connectivity index (χ1n) is 14.7. The lowest BCUT2D eigenvalue weighted by Gasteiger charge is -2.19. The molecule has 0 radical (unpaired) electrons. The van der Waals surface area contributed by atoms with Gasteiger partial charge in [0, 0.05) is 52.7 Å². The summed E-state index contributed by atoms with van der Waals surface area (Å²) in [6.07, 6.45) is 0. The van der Waals surface area contributed by atoms with E-state index < -0.39 is 0 Å². The fourth-order valence-electron chi connectivity index (χ4n) is 6.27. The van der Waals surface area contributed by atoms with Gasteiger partial charge in [0.2, 0.25) is 0 Å². The number of halogens is 4. The van der Waals surface area contributed by atoms with E-state index in [1.807, 2.05) is 12.1 Å². The van der Waals surface area contributed by atoms with Crippen molar-refractivity contribution in [1.29, 1.82) is 0 Å². The van der Waals surface area contributed by atoms with Crippen molar-refractivity contribution in [2.24, 2.45) is 0 Å². The summed E-state index contributed by atoms with van der Waals surface area (Å²) in [4.78, 5) is 7.36. The first kappa shape index (κ1) is 29.9. The first-order valence-corrected chi connectivity index (χ1v) is 17.0. The molecule has 6 heteroatoms. The highest BCUT2D eigenvalue weighted by atomic mass is 79.9. The summed E-state index contributed by atoms with van der Waals surface area (Å²) in [6, 6.07) is 25.9. The zero-order valence-corrected chi connectivity index (χ0v) is 30.1. The van der Waals surface area contributed by atoms with Crippen molar-refractivity contribution in [1.82, 2.24) is 9.97 Å². The molecule has 0 spiro atoms. The lowest BCUT2D eigenvalue weighted by atomic mass is 9.86. The van der Waals surface area contributed by atoms with Crippen LogP contribution in [0.2, 0.25) is 10.0 Å². The van der Waals surface area contributed by atoms with Crippen molar-refractivity contribution in [2.45, 2.75) is 52.4 Å². The molecule has 2 nitrogen and oxygen atoms in total. The van der Waals surface area contributed by atoms with Gasteiger partial charge in [-0.25, -0.2) is 0 Å². The third kappa shape index (κ3) is 4.81. The van der Waals surface area contributed by atoms with Crippen LogP contribution in [-0.4, -0.2) is 9.97 Å². The number of hydrogen-bond donors (Lipinski definition) is 2. The number of aromatic amines is 2.